The Balaban J connectivity index is 1.92. The molecule has 0 saturated heterocycles. The molecule has 0 amide bonds. The van der Waals surface area contributed by atoms with Gasteiger partial charge < -0.3 is 5.32 Å². The summed E-state index contributed by atoms with van der Waals surface area (Å²) in [7, 11) is 0. The Morgan fingerprint density at radius 1 is 1.35 bits per heavy atom. The fraction of sp³-hybridized carbons (Fsp3) is 0.800. The molecule has 2 atom stereocenters. The van der Waals surface area contributed by atoms with Gasteiger partial charge in [0.25, 0.3) is 0 Å². The molecule has 0 aromatic carbocycles. The number of nitrogens with zero attached hydrogens (tertiary/aromatic N) is 2. The second kappa shape index (κ2) is 7.71. The Hall–Kier alpha value is -0.190. The molecule has 0 aliphatic heterocycles. The lowest BCUT2D eigenvalue weighted by Gasteiger charge is -2.14. The largest absolute Gasteiger partial charge is 0.308 e. The molecule has 1 N–H and O–H groups in total. The van der Waals surface area contributed by atoms with E-state index in [0.717, 1.165) is 41.2 Å². The second-order valence-electron chi connectivity index (χ2n) is 5.34. The molecule has 0 bridgehead atoms. The van der Waals surface area contributed by atoms with Gasteiger partial charge in [0.15, 0.2) is 0 Å². The number of aromatic nitrogens is 2. The Morgan fingerprint density at radius 2 is 2.15 bits per heavy atom. The van der Waals surface area contributed by atoms with E-state index >= 15 is 0 Å². The SMILES string of the molecule is CCSC1CCC(NCc2c(Cl)c(CC)nn2CC)C1. The van der Waals surface area contributed by atoms with E-state index in [-0.39, 0.29) is 0 Å². The molecule has 2 unspecified atom stereocenters. The molecular weight excluding hydrogens is 290 g/mol. The van der Waals surface area contributed by atoms with Crippen LogP contribution in [0.15, 0.2) is 0 Å². The molecule has 1 aliphatic rings. The average Bonchev–Trinajstić information content (AvgIpc) is 3.01. The number of nitrogens with one attached hydrogen (secondary N) is 1. The maximum absolute atomic E-state index is 6.44. The summed E-state index contributed by atoms with van der Waals surface area (Å²) in [6, 6.07) is 0.639. The zero-order valence-electron chi connectivity index (χ0n) is 12.8. The Kier molecular flexibility index (Phi) is 6.24. The van der Waals surface area contributed by atoms with Crippen molar-refractivity contribution in [1.82, 2.24) is 15.1 Å². The summed E-state index contributed by atoms with van der Waals surface area (Å²) in [6.07, 6.45) is 4.82. The van der Waals surface area contributed by atoms with Crippen LogP contribution in [0.2, 0.25) is 5.02 Å². The molecule has 1 saturated carbocycles. The zero-order valence-corrected chi connectivity index (χ0v) is 14.4. The number of rotatable bonds is 7. The summed E-state index contributed by atoms with van der Waals surface area (Å²) in [5.74, 6) is 1.23. The fourth-order valence-corrected chi connectivity index (χ4v) is 4.42. The number of halogens is 1. The van der Waals surface area contributed by atoms with E-state index in [1.165, 1.54) is 25.0 Å². The average molecular weight is 316 g/mol. The zero-order chi connectivity index (χ0) is 14.5. The smallest absolute Gasteiger partial charge is 0.0863 e. The van der Waals surface area contributed by atoms with Gasteiger partial charge in [0.05, 0.1) is 16.4 Å². The van der Waals surface area contributed by atoms with Gasteiger partial charge in [0.2, 0.25) is 0 Å². The first-order valence-corrected chi connectivity index (χ1v) is 9.21. The van der Waals surface area contributed by atoms with Crippen LogP contribution in [0.5, 0.6) is 0 Å². The van der Waals surface area contributed by atoms with Crippen LogP contribution in [-0.2, 0) is 19.5 Å². The van der Waals surface area contributed by atoms with Gasteiger partial charge >= 0.3 is 0 Å². The van der Waals surface area contributed by atoms with Gasteiger partial charge in [-0.2, -0.15) is 16.9 Å². The predicted molar refractivity (Wildman–Crippen MR) is 88.7 cm³/mol. The Labute approximate surface area is 131 Å². The highest BCUT2D eigenvalue weighted by Crippen LogP contribution is 2.30. The first-order chi connectivity index (χ1) is 9.69. The van der Waals surface area contributed by atoms with Crippen LogP contribution in [0.4, 0.5) is 0 Å². The van der Waals surface area contributed by atoms with E-state index in [2.05, 4.69) is 42.9 Å². The molecule has 3 nitrogen and oxygen atoms in total. The molecule has 1 heterocycles. The highest BCUT2D eigenvalue weighted by atomic mass is 35.5. The highest BCUT2D eigenvalue weighted by Gasteiger charge is 2.25. The van der Waals surface area contributed by atoms with E-state index in [4.69, 9.17) is 11.6 Å². The van der Waals surface area contributed by atoms with E-state index in [0.29, 0.717) is 6.04 Å². The van der Waals surface area contributed by atoms with E-state index in [9.17, 15) is 0 Å². The molecule has 5 heteroatoms. The summed E-state index contributed by atoms with van der Waals surface area (Å²) < 4.78 is 2.04. The topological polar surface area (TPSA) is 29.9 Å². The lowest BCUT2D eigenvalue weighted by atomic mass is 10.2. The van der Waals surface area contributed by atoms with Crippen LogP contribution in [0, 0.1) is 0 Å². The number of thioether (sulfide) groups is 1. The van der Waals surface area contributed by atoms with E-state index < -0.39 is 0 Å². The minimum Gasteiger partial charge on any atom is -0.308 e. The van der Waals surface area contributed by atoms with Crippen molar-refractivity contribution in [3.63, 3.8) is 0 Å². The minimum absolute atomic E-state index is 0.639. The van der Waals surface area contributed by atoms with Gasteiger partial charge in [-0.15, -0.1) is 0 Å². The predicted octanol–water partition coefficient (Wildman–Crippen LogP) is 3.88. The van der Waals surface area contributed by atoms with Crippen molar-refractivity contribution >= 4 is 23.4 Å². The summed E-state index contributed by atoms with van der Waals surface area (Å²) >= 11 is 8.54. The molecule has 20 heavy (non-hydrogen) atoms. The van der Waals surface area contributed by atoms with Crippen LogP contribution in [0.3, 0.4) is 0 Å². The summed E-state index contributed by atoms with van der Waals surface area (Å²) in [6.45, 7) is 8.20. The third-order valence-electron chi connectivity index (χ3n) is 4.04. The van der Waals surface area contributed by atoms with Crippen LogP contribution >= 0.6 is 23.4 Å². The lowest BCUT2D eigenvalue weighted by molar-refractivity contribution is 0.499. The van der Waals surface area contributed by atoms with Crippen molar-refractivity contribution in [2.24, 2.45) is 0 Å². The summed E-state index contributed by atoms with van der Waals surface area (Å²) in [4.78, 5) is 0. The molecular formula is C15H26ClN3S. The van der Waals surface area contributed by atoms with Crippen molar-refractivity contribution in [3.8, 4) is 0 Å². The molecule has 1 aromatic heterocycles. The van der Waals surface area contributed by atoms with Crippen molar-refractivity contribution in [2.45, 2.75) is 70.8 Å². The van der Waals surface area contributed by atoms with E-state index in [1.807, 2.05) is 4.68 Å². The minimum atomic E-state index is 0.639. The second-order valence-corrected chi connectivity index (χ2v) is 7.30. The van der Waals surface area contributed by atoms with Gasteiger partial charge in [-0.05, 0) is 38.4 Å². The van der Waals surface area contributed by atoms with Crippen molar-refractivity contribution < 1.29 is 0 Å². The van der Waals surface area contributed by atoms with Crippen LogP contribution < -0.4 is 5.32 Å². The van der Waals surface area contributed by atoms with Gasteiger partial charge in [0, 0.05) is 24.4 Å². The van der Waals surface area contributed by atoms with Crippen LogP contribution in [-0.4, -0.2) is 26.8 Å². The molecule has 0 radical (unpaired) electrons. The van der Waals surface area contributed by atoms with Gasteiger partial charge in [-0.3, -0.25) is 4.68 Å². The normalized spacial score (nSPS) is 22.6. The monoisotopic (exact) mass is 315 g/mol. The standard InChI is InChI=1S/C15H26ClN3S/c1-4-13-15(16)14(19(5-2)18-13)10-17-11-7-8-12(9-11)20-6-3/h11-12,17H,4-10H2,1-3H3. The maximum Gasteiger partial charge on any atom is 0.0863 e. The first-order valence-electron chi connectivity index (χ1n) is 7.78. The molecule has 2 rings (SSSR count). The third kappa shape index (κ3) is 3.71. The van der Waals surface area contributed by atoms with Gasteiger partial charge in [0.1, 0.15) is 0 Å². The molecule has 1 fully saturated rings. The Bertz CT molecular complexity index is 433. The molecule has 0 spiro atoms. The number of hydrogen-bond donors (Lipinski definition) is 1. The quantitative estimate of drug-likeness (QED) is 0.828. The van der Waals surface area contributed by atoms with Gasteiger partial charge in [-0.25, -0.2) is 0 Å². The van der Waals surface area contributed by atoms with E-state index in [1.54, 1.807) is 0 Å². The number of hydrogen-bond acceptors (Lipinski definition) is 3. The molecule has 114 valence electrons. The fourth-order valence-electron chi connectivity index (χ4n) is 2.94. The summed E-state index contributed by atoms with van der Waals surface area (Å²) in [5, 5.41) is 9.96. The Morgan fingerprint density at radius 3 is 2.80 bits per heavy atom. The molecule has 1 aliphatic carbocycles. The van der Waals surface area contributed by atoms with Crippen LogP contribution in [0.25, 0.3) is 0 Å². The van der Waals surface area contributed by atoms with Crippen molar-refractivity contribution in [1.29, 1.82) is 0 Å². The third-order valence-corrected chi connectivity index (χ3v) is 5.71. The molecule has 1 aromatic rings. The first kappa shape index (κ1) is 16.2. The lowest BCUT2D eigenvalue weighted by Crippen LogP contribution is -2.27. The van der Waals surface area contributed by atoms with Crippen molar-refractivity contribution in [2.75, 3.05) is 5.75 Å². The van der Waals surface area contributed by atoms with Crippen molar-refractivity contribution in [3.05, 3.63) is 16.4 Å². The van der Waals surface area contributed by atoms with Gasteiger partial charge in [-0.1, -0.05) is 25.4 Å². The van der Waals surface area contributed by atoms with Crippen LogP contribution in [0.1, 0.15) is 51.4 Å². The maximum atomic E-state index is 6.44. The highest BCUT2D eigenvalue weighted by molar-refractivity contribution is 7.99. The summed E-state index contributed by atoms with van der Waals surface area (Å²) in [5.41, 5.74) is 2.17. The number of aryl methyl sites for hydroxylation is 2.